The summed E-state index contributed by atoms with van der Waals surface area (Å²) in [6, 6.07) is 0. The van der Waals surface area contributed by atoms with Gasteiger partial charge in [-0.05, 0) is 10.6 Å². The lowest BCUT2D eigenvalue weighted by molar-refractivity contribution is 0.104. The van der Waals surface area contributed by atoms with Gasteiger partial charge in [0.1, 0.15) is 0 Å². The van der Waals surface area contributed by atoms with Crippen LogP contribution in [0.4, 0.5) is 0 Å². The van der Waals surface area contributed by atoms with Gasteiger partial charge in [0.2, 0.25) is 0 Å². The summed E-state index contributed by atoms with van der Waals surface area (Å²) in [6.45, 7) is 1.65. The summed E-state index contributed by atoms with van der Waals surface area (Å²) in [5, 5.41) is 0. The van der Waals surface area contributed by atoms with Gasteiger partial charge in [0.05, 0.1) is 13.2 Å². The van der Waals surface area contributed by atoms with Crippen molar-refractivity contribution in [1.82, 2.24) is 0 Å². The zero-order valence-corrected chi connectivity index (χ0v) is 4.86. The molecule has 0 unspecified atom stereocenters. The first-order chi connectivity index (χ1) is 2.93. The molecule has 1 heterocycles. The minimum Gasteiger partial charge on any atom is -0.373 e. The van der Waals surface area contributed by atoms with Crippen LogP contribution in [0.25, 0.3) is 0 Å². The van der Waals surface area contributed by atoms with Gasteiger partial charge >= 0.3 is 0 Å². The Bertz CT molecular complexity index is 71.6. The second-order valence-corrected chi connectivity index (χ2v) is 1.72. The zero-order chi connectivity index (χ0) is 4.41. The zero-order valence-electron chi connectivity index (χ0n) is 3.28. The largest absolute Gasteiger partial charge is 0.373 e. The topological polar surface area (TPSA) is 9.23 Å². The maximum absolute atomic E-state index is 4.83. The summed E-state index contributed by atoms with van der Waals surface area (Å²) in [7, 11) is 0. The summed E-state index contributed by atoms with van der Waals surface area (Å²) >= 11 is 3.18. The summed E-state index contributed by atoms with van der Waals surface area (Å²) in [6.07, 6.45) is 0. The highest BCUT2D eigenvalue weighted by atomic mass is 79.9. The van der Waals surface area contributed by atoms with Crippen molar-refractivity contribution in [2.45, 2.75) is 0 Å². The van der Waals surface area contributed by atoms with E-state index in [1.54, 1.807) is 0 Å². The van der Waals surface area contributed by atoms with Crippen molar-refractivity contribution >= 4 is 15.9 Å². The fraction of sp³-hybridized carbons (Fsp3) is 0.500. The fourth-order valence-electron chi connectivity index (χ4n) is 0.283. The van der Waals surface area contributed by atoms with E-state index in [1.165, 1.54) is 5.57 Å². The van der Waals surface area contributed by atoms with E-state index in [0.717, 1.165) is 13.2 Å². The van der Waals surface area contributed by atoms with Crippen LogP contribution in [-0.2, 0) is 4.74 Å². The SMILES string of the molecule is BrC=C1COC1. The van der Waals surface area contributed by atoms with Crippen LogP contribution in [-0.4, -0.2) is 13.2 Å². The Morgan fingerprint density at radius 1 is 1.67 bits per heavy atom. The average molecular weight is 149 g/mol. The van der Waals surface area contributed by atoms with Crippen LogP contribution in [0.1, 0.15) is 0 Å². The van der Waals surface area contributed by atoms with Crippen molar-refractivity contribution in [3.63, 3.8) is 0 Å². The summed E-state index contributed by atoms with van der Waals surface area (Å²) in [5.74, 6) is 0. The lowest BCUT2D eigenvalue weighted by Crippen LogP contribution is -2.14. The molecule has 0 spiro atoms. The van der Waals surface area contributed by atoms with E-state index in [2.05, 4.69) is 15.9 Å². The molecule has 1 fully saturated rings. The Balaban J connectivity index is 2.34. The highest BCUT2D eigenvalue weighted by Crippen LogP contribution is 2.08. The van der Waals surface area contributed by atoms with Crippen LogP contribution >= 0.6 is 15.9 Å². The molecule has 0 saturated carbocycles. The maximum atomic E-state index is 4.83. The highest BCUT2D eigenvalue weighted by Gasteiger charge is 2.05. The Labute approximate surface area is 45.1 Å². The number of rotatable bonds is 0. The average Bonchev–Trinajstić information content (AvgIpc) is 1.31. The first-order valence-corrected chi connectivity index (χ1v) is 2.71. The van der Waals surface area contributed by atoms with E-state index in [-0.39, 0.29) is 0 Å². The molecule has 0 aromatic carbocycles. The van der Waals surface area contributed by atoms with Gasteiger partial charge in [-0.1, -0.05) is 15.9 Å². The van der Waals surface area contributed by atoms with Gasteiger partial charge in [0.15, 0.2) is 0 Å². The lowest BCUT2D eigenvalue weighted by atomic mass is 10.3. The lowest BCUT2D eigenvalue weighted by Gasteiger charge is -2.15. The van der Waals surface area contributed by atoms with E-state index in [0.29, 0.717) is 0 Å². The van der Waals surface area contributed by atoms with Crippen LogP contribution in [0.3, 0.4) is 0 Å². The van der Waals surface area contributed by atoms with Crippen molar-refractivity contribution in [3.8, 4) is 0 Å². The standard InChI is InChI=1S/C4H5BrO/c5-1-4-2-6-3-4/h1H,2-3H2. The van der Waals surface area contributed by atoms with Gasteiger partial charge in [-0.3, -0.25) is 0 Å². The molecule has 0 aromatic rings. The molecule has 0 N–H and O–H groups in total. The van der Waals surface area contributed by atoms with Crippen molar-refractivity contribution in [3.05, 3.63) is 10.6 Å². The molecule has 34 valence electrons. The predicted octanol–water partition coefficient (Wildman–Crippen LogP) is 1.30. The van der Waals surface area contributed by atoms with Crippen LogP contribution in [0, 0.1) is 0 Å². The molecule has 0 aromatic heterocycles. The predicted molar refractivity (Wildman–Crippen MR) is 27.8 cm³/mol. The molecule has 1 rings (SSSR count). The van der Waals surface area contributed by atoms with E-state index < -0.39 is 0 Å². The molecule has 1 nitrogen and oxygen atoms in total. The number of ether oxygens (including phenoxy) is 1. The molecule has 1 aliphatic rings. The molecule has 1 aliphatic heterocycles. The normalized spacial score (nSPS) is 19.8. The van der Waals surface area contributed by atoms with Gasteiger partial charge in [0, 0.05) is 0 Å². The third kappa shape index (κ3) is 0.632. The van der Waals surface area contributed by atoms with Crippen molar-refractivity contribution in [1.29, 1.82) is 0 Å². The fourth-order valence-corrected chi connectivity index (χ4v) is 0.547. The van der Waals surface area contributed by atoms with Crippen LogP contribution < -0.4 is 0 Å². The Morgan fingerprint density at radius 2 is 2.33 bits per heavy atom. The van der Waals surface area contributed by atoms with Crippen molar-refractivity contribution in [2.24, 2.45) is 0 Å². The number of halogens is 1. The van der Waals surface area contributed by atoms with Crippen LogP contribution in [0.15, 0.2) is 10.6 Å². The summed E-state index contributed by atoms with van der Waals surface area (Å²) in [5.41, 5.74) is 1.34. The van der Waals surface area contributed by atoms with Gasteiger partial charge in [-0.15, -0.1) is 0 Å². The summed E-state index contributed by atoms with van der Waals surface area (Å²) < 4.78 is 4.83. The minimum absolute atomic E-state index is 0.825. The minimum atomic E-state index is 0.825. The molecule has 0 radical (unpaired) electrons. The summed E-state index contributed by atoms with van der Waals surface area (Å²) in [4.78, 5) is 1.91. The molecule has 0 atom stereocenters. The number of hydrogen-bond acceptors (Lipinski definition) is 1. The second-order valence-electron chi connectivity index (χ2n) is 1.26. The molecule has 2 heteroatoms. The molecule has 0 aliphatic carbocycles. The molecular weight excluding hydrogens is 144 g/mol. The molecule has 6 heavy (non-hydrogen) atoms. The van der Waals surface area contributed by atoms with Crippen LogP contribution in [0.5, 0.6) is 0 Å². The third-order valence-electron chi connectivity index (χ3n) is 0.729. The third-order valence-corrected chi connectivity index (χ3v) is 1.38. The second kappa shape index (κ2) is 1.76. The van der Waals surface area contributed by atoms with Gasteiger partial charge in [-0.25, -0.2) is 0 Å². The number of hydrogen-bond donors (Lipinski definition) is 0. The molecule has 0 amide bonds. The van der Waals surface area contributed by atoms with Gasteiger partial charge in [-0.2, -0.15) is 0 Å². The smallest absolute Gasteiger partial charge is 0.0711 e. The Morgan fingerprint density at radius 3 is 2.33 bits per heavy atom. The van der Waals surface area contributed by atoms with E-state index >= 15 is 0 Å². The highest BCUT2D eigenvalue weighted by molar-refractivity contribution is 9.11. The first kappa shape index (κ1) is 4.34. The molecule has 0 bridgehead atoms. The maximum Gasteiger partial charge on any atom is 0.0711 e. The Hall–Kier alpha value is 0.180. The quantitative estimate of drug-likeness (QED) is 0.504. The van der Waals surface area contributed by atoms with Crippen molar-refractivity contribution in [2.75, 3.05) is 13.2 Å². The molecular formula is C4H5BrO. The van der Waals surface area contributed by atoms with Crippen molar-refractivity contribution < 1.29 is 4.74 Å². The van der Waals surface area contributed by atoms with Gasteiger partial charge < -0.3 is 4.74 Å². The van der Waals surface area contributed by atoms with Gasteiger partial charge in [0.25, 0.3) is 0 Å². The monoisotopic (exact) mass is 148 g/mol. The van der Waals surface area contributed by atoms with E-state index in [9.17, 15) is 0 Å². The molecule has 1 saturated heterocycles. The van der Waals surface area contributed by atoms with Crippen LogP contribution in [0.2, 0.25) is 0 Å². The van der Waals surface area contributed by atoms with E-state index in [1.807, 2.05) is 4.99 Å². The Kier molecular flexibility index (Phi) is 1.27. The van der Waals surface area contributed by atoms with E-state index in [4.69, 9.17) is 4.74 Å². The first-order valence-electron chi connectivity index (χ1n) is 1.79.